The van der Waals surface area contributed by atoms with Gasteiger partial charge in [-0.2, -0.15) is 5.26 Å². The molecule has 0 fully saturated rings. The van der Waals surface area contributed by atoms with Crippen molar-refractivity contribution in [1.82, 2.24) is 0 Å². The van der Waals surface area contributed by atoms with Crippen molar-refractivity contribution in [2.45, 2.75) is 13.5 Å². The smallest absolute Gasteiger partial charge is 0.143 e. The molecule has 58 valence electrons. The number of rotatable bonds is 0. The van der Waals surface area contributed by atoms with Crippen LogP contribution in [0.5, 0.6) is 0 Å². The molecule has 0 atom stereocenters. The molecule has 0 radical (unpaired) electrons. The molecule has 0 aromatic heterocycles. The van der Waals surface area contributed by atoms with Crippen LogP contribution < -0.4 is 0 Å². The van der Waals surface area contributed by atoms with Gasteiger partial charge in [-0.25, -0.2) is 0 Å². The summed E-state index contributed by atoms with van der Waals surface area (Å²) in [6, 6.07) is 8.21. The first-order chi connectivity index (χ1) is 5.81. The van der Waals surface area contributed by atoms with Gasteiger partial charge in [-0.3, -0.25) is 4.99 Å². The van der Waals surface area contributed by atoms with Gasteiger partial charge in [-0.05, 0) is 18.6 Å². The SMILES string of the molecule is Cc1ccc2c(c1)C(C#N)=NC2. The predicted octanol–water partition coefficient (Wildman–Crippen LogP) is 1.82. The van der Waals surface area contributed by atoms with E-state index in [1.807, 2.05) is 19.1 Å². The summed E-state index contributed by atoms with van der Waals surface area (Å²) in [5.41, 5.74) is 3.93. The number of benzene rings is 1. The Hall–Kier alpha value is -1.62. The lowest BCUT2D eigenvalue weighted by atomic mass is 10.0. The Morgan fingerprint density at radius 1 is 1.50 bits per heavy atom. The van der Waals surface area contributed by atoms with Crippen LogP contribution in [0.15, 0.2) is 23.2 Å². The van der Waals surface area contributed by atoms with E-state index in [0.29, 0.717) is 12.3 Å². The van der Waals surface area contributed by atoms with Gasteiger partial charge in [0, 0.05) is 5.56 Å². The maximum absolute atomic E-state index is 8.72. The molecule has 0 unspecified atom stereocenters. The number of fused-ring (bicyclic) bond motifs is 1. The third-order valence-corrected chi connectivity index (χ3v) is 2.03. The molecule has 0 spiro atoms. The molecule has 1 aliphatic heterocycles. The van der Waals surface area contributed by atoms with Crippen LogP contribution in [-0.2, 0) is 6.54 Å². The lowest BCUT2D eigenvalue weighted by molar-refractivity contribution is 1.11. The van der Waals surface area contributed by atoms with E-state index in [9.17, 15) is 0 Å². The van der Waals surface area contributed by atoms with E-state index in [0.717, 1.165) is 11.1 Å². The average Bonchev–Trinajstić information content (AvgIpc) is 2.46. The van der Waals surface area contributed by atoms with Crippen molar-refractivity contribution in [3.63, 3.8) is 0 Å². The number of aliphatic imine (C=N–C) groups is 1. The van der Waals surface area contributed by atoms with Crippen molar-refractivity contribution in [3.8, 4) is 6.07 Å². The van der Waals surface area contributed by atoms with Crippen molar-refractivity contribution in [3.05, 3.63) is 34.9 Å². The summed E-state index contributed by atoms with van der Waals surface area (Å²) in [4.78, 5) is 4.12. The highest BCUT2D eigenvalue weighted by Crippen LogP contribution is 2.19. The highest BCUT2D eigenvalue weighted by Gasteiger charge is 2.14. The maximum atomic E-state index is 8.72. The molecule has 1 aliphatic rings. The molecule has 2 heteroatoms. The fraction of sp³-hybridized carbons (Fsp3) is 0.200. The van der Waals surface area contributed by atoms with Gasteiger partial charge in [-0.1, -0.05) is 17.7 Å². The van der Waals surface area contributed by atoms with E-state index in [4.69, 9.17) is 5.26 Å². The van der Waals surface area contributed by atoms with Crippen LogP contribution in [-0.4, -0.2) is 5.71 Å². The van der Waals surface area contributed by atoms with Crippen molar-refractivity contribution < 1.29 is 0 Å². The fourth-order valence-corrected chi connectivity index (χ4v) is 1.39. The van der Waals surface area contributed by atoms with Gasteiger partial charge < -0.3 is 0 Å². The molecule has 1 aromatic carbocycles. The molecule has 1 aromatic rings. The van der Waals surface area contributed by atoms with Crippen molar-refractivity contribution >= 4 is 5.71 Å². The van der Waals surface area contributed by atoms with Gasteiger partial charge in [-0.15, -0.1) is 0 Å². The minimum Gasteiger partial charge on any atom is -0.269 e. The fourth-order valence-electron chi connectivity index (χ4n) is 1.39. The van der Waals surface area contributed by atoms with Crippen LogP contribution in [0.4, 0.5) is 0 Å². The van der Waals surface area contributed by atoms with Gasteiger partial charge >= 0.3 is 0 Å². The Morgan fingerprint density at radius 2 is 2.33 bits per heavy atom. The molecule has 2 rings (SSSR count). The molecular formula is C10H8N2. The monoisotopic (exact) mass is 156 g/mol. The van der Waals surface area contributed by atoms with E-state index in [1.54, 1.807) is 0 Å². The standard InChI is InChI=1S/C10H8N2/c1-7-2-3-8-6-12-10(5-11)9(8)4-7/h2-4H,6H2,1H3. The zero-order valence-electron chi connectivity index (χ0n) is 6.83. The molecular weight excluding hydrogens is 148 g/mol. The number of nitrogens with zero attached hydrogens (tertiary/aromatic N) is 2. The molecule has 0 N–H and O–H groups in total. The summed E-state index contributed by atoms with van der Waals surface area (Å²) >= 11 is 0. The zero-order valence-corrected chi connectivity index (χ0v) is 6.83. The van der Waals surface area contributed by atoms with Crippen LogP contribution >= 0.6 is 0 Å². The Bertz CT molecular complexity index is 397. The number of hydrogen-bond donors (Lipinski definition) is 0. The van der Waals surface area contributed by atoms with Crippen molar-refractivity contribution in [2.24, 2.45) is 4.99 Å². The summed E-state index contributed by atoms with van der Waals surface area (Å²) in [5, 5.41) is 8.72. The molecule has 12 heavy (non-hydrogen) atoms. The third-order valence-electron chi connectivity index (χ3n) is 2.03. The lowest BCUT2D eigenvalue weighted by Gasteiger charge is -1.98. The zero-order chi connectivity index (χ0) is 8.55. The molecule has 0 saturated carbocycles. The Balaban J connectivity index is 2.59. The number of nitriles is 1. The minimum absolute atomic E-state index is 0.578. The van der Waals surface area contributed by atoms with Crippen LogP contribution in [0.25, 0.3) is 0 Å². The highest BCUT2D eigenvalue weighted by atomic mass is 14.8. The van der Waals surface area contributed by atoms with Gasteiger partial charge in [0.1, 0.15) is 11.8 Å². The molecule has 0 bridgehead atoms. The Morgan fingerprint density at radius 3 is 3.08 bits per heavy atom. The second kappa shape index (κ2) is 2.46. The first-order valence-electron chi connectivity index (χ1n) is 3.86. The van der Waals surface area contributed by atoms with Crippen LogP contribution in [0.2, 0.25) is 0 Å². The average molecular weight is 156 g/mol. The van der Waals surface area contributed by atoms with E-state index in [-0.39, 0.29) is 0 Å². The summed E-state index contributed by atoms with van der Waals surface area (Å²) in [7, 11) is 0. The van der Waals surface area contributed by atoms with Crippen LogP contribution in [0, 0.1) is 18.3 Å². The second-order valence-electron chi connectivity index (χ2n) is 2.94. The predicted molar refractivity (Wildman–Crippen MR) is 47.0 cm³/mol. The summed E-state index contributed by atoms with van der Waals surface area (Å²) in [6.45, 7) is 2.69. The normalized spacial score (nSPS) is 13.5. The summed E-state index contributed by atoms with van der Waals surface area (Å²) < 4.78 is 0. The molecule has 2 nitrogen and oxygen atoms in total. The summed E-state index contributed by atoms with van der Waals surface area (Å²) in [6.07, 6.45) is 0. The third kappa shape index (κ3) is 0.911. The largest absolute Gasteiger partial charge is 0.269 e. The van der Waals surface area contributed by atoms with E-state index < -0.39 is 0 Å². The highest BCUT2D eigenvalue weighted by molar-refractivity contribution is 6.14. The van der Waals surface area contributed by atoms with Crippen LogP contribution in [0.3, 0.4) is 0 Å². The Kier molecular flexibility index (Phi) is 1.44. The Labute approximate surface area is 71.2 Å². The van der Waals surface area contributed by atoms with Gasteiger partial charge in [0.25, 0.3) is 0 Å². The minimum atomic E-state index is 0.578. The van der Waals surface area contributed by atoms with Crippen molar-refractivity contribution in [1.29, 1.82) is 5.26 Å². The maximum Gasteiger partial charge on any atom is 0.143 e. The molecule has 1 heterocycles. The number of hydrogen-bond acceptors (Lipinski definition) is 2. The van der Waals surface area contributed by atoms with E-state index >= 15 is 0 Å². The first kappa shape index (κ1) is 7.05. The van der Waals surface area contributed by atoms with E-state index in [1.165, 1.54) is 5.56 Å². The molecule has 0 saturated heterocycles. The molecule has 0 amide bonds. The van der Waals surface area contributed by atoms with Gasteiger partial charge in [0.15, 0.2) is 0 Å². The number of aryl methyl sites for hydroxylation is 1. The lowest BCUT2D eigenvalue weighted by Crippen LogP contribution is -1.94. The van der Waals surface area contributed by atoms with Crippen molar-refractivity contribution in [2.75, 3.05) is 0 Å². The quantitative estimate of drug-likeness (QED) is 0.564. The van der Waals surface area contributed by atoms with Gasteiger partial charge in [0.05, 0.1) is 6.54 Å². The van der Waals surface area contributed by atoms with Gasteiger partial charge in [0.2, 0.25) is 0 Å². The first-order valence-corrected chi connectivity index (χ1v) is 3.86. The summed E-state index contributed by atoms with van der Waals surface area (Å²) in [5.74, 6) is 0. The second-order valence-corrected chi connectivity index (χ2v) is 2.94. The molecule has 0 aliphatic carbocycles. The topological polar surface area (TPSA) is 36.1 Å². The van der Waals surface area contributed by atoms with E-state index in [2.05, 4.69) is 17.1 Å². The van der Waals surface area contributed by atoms with Crippen LogP contribution in [0.1, 0.15) is 16.7 Å².